The van der Waals surface area contributed by atoms with Gasteiger partial charge in [0.25, 0.3) is 0 Å². The number of ketones is 1. The van der Waals surface area contributed by atoms with Crippen molar-refractivity contribution < 1.29 is 13.6 Å². The van der Waals surface area contributed by atoms with Crippen molar-refractivity contribution in [3.05, 3.63) is 71.7 Å². The molecule has 0 aliphatic rings. The second-order valence-electron chi connectivity index (χ2n) is 4.83. The lowest BCUT2D eigenvalue weighted by Gasteiger charge is -2.12. The van der Waals surface area contributed by atoms with Crippen LogP contribution in [0.3, 0.4) is 0 Å². The number of fused-ring (bicyclic) bond motifs is 1. The van der Waals surface area contributed by atoms with Gasteiger partial charge >= 0.3 is 0 Å². The van der Waals surface area contributed by atoms with Crippen LogP contribution in [-0.2, 0) is 0 Å². The molecule has 0 spiro atoms. The molecule has 1 heterocycles. The molecule has 0 aliphatic heterocycles. The second-order valence-corrected chi connectivity index (χ2v) is 4.83. The van der Waals surface area contributed by atoms with Crippen molar-refractivity contribution in [1.82, 2.24) is 0 Å². The lowest BCUT2D eigenvalue weighted by Crippen LogP contribution is -2.21. The fourth-order valence-electron chi connectivity index (χ4n) is 2.40. The number of benzene rings is 2. The fourth-order valence-corrected chi connectivity index (χ4v) is 2.40. The van der Waals surface area contributed by atoms with Gasteiger partial charge in [0.2, 0.25) is 5.78 Å². The number of halogens is 1. The number of rotatable bonds is 4. The third-order valence-corrected chi connectivity index (χ3v) is 3.49. The Morgan fingerprint density at radius 1 is 1.14 bits per heavy atom. The van der Waals surface area contributed by atoms with Crippen molar-refractivity contribution in [2.45, 2.75) is 5.92 Å². The minimum absolute atomic E-state index is 0.102. The zero-order valence-corrected chi connectivity index (χ0v) is 11.3. The normalized spacial score (nSPS) is 12.5. The van der Waals surface area contributed by atoms with Gasteiger partial charge in [0, 0.05) is 11.9 Å². The summed E-state index contributed by atoms with van der Waals surface area (Å²) in [7, 11) is 0. The minimum atomic E-state index is -0.491. The third-order valence-electron chi connectivity index (χ3n) is 3.49. The number of carbonyl (C=O) groups is 1. The summed E-state index contributed by atoms with van der Waals surface area (Å²) in [6, 6.07) is 15.4. The quantitative estimate of drug-likeness (QED) is 0.746. The van der Waals surface area contributed by atoms with Crippen molar-refractivity contribution in [2.24, 2.45) is 5.73 Å². The molecular weight excluding hydrogens is 269 g/mol. The van der Waals surface area contributed by atoms with E-state index in [0.29, 0.717) is 5.39 Å². The molecule has 4 heteroatoms. The highest BCUT2D eigenvalue weighted by molar-refractivity contribution is 6.01. The van der Waals surface area contributed by atoms with Crippen molar-refractivity contribution in [1.29, 1.82) is 0 Å². The molecule has 1 unspecified atom stereocenters. The lowest BCUT2D eigenvalue weighted by molar-refractivity contribution is 0.0937. The van der Waals surface area contributed by atoms with Crippen LogP contribution in [-0.4, -0.2) is 12.3 Å². The standard InChI is InChI=1S/C17H14FNO2/c18-14-8-4-7-12-9-15(21-17(12)14)16(20)13(10-19)11-5-2-1-3-6-11/h1-9,13H,10,19H2. The summed E-state index contributed by atoms with van der Waals surface area (Å²) in [5.41, 5.74) is 6.66. The number of para-hydroxylation sites is 1. The largest absolute Gasteiger partial charge is 0.450 e. The predicted molar refractivity (Wildman–Crippen MR) is 78.7 cm³/mol. The first-order valence-electron chi connectivity index (χ1n) is 6.68. The van der Waals surface area contributed by atoms with Crippen LogP contribution in [0.4, 0.5) is 4.39 Å². The van der Waals surface area contributed by atoms with Gasteiger partial charge in [-0.25, -0.2) is 4.39 Å². The molecule has 21 heavy (non-hydrogen) atoms. The van der Waals surface area contributed by atoms with Gasteiger partial charge in [-0.15, -0.1) is 0 Å². The molecule has 3 nitrogen and oxygen atoms in total. The maximum atomic E-state index is 13.6. The van der Waals surface area contributed by atoms with E-state index in [1.165, 1.54) is 6.07 Å². The Kier molecular flexibility index (Phi) is 3.54. The SMILES string of the molecule is NCC(C(=O)c1cc2cccc(F)c2o1)c1ccccc1. The summed E-state index contributed by atoms with van der Waals surface area (Å²) in [5.74, 6) is -1.07. The maximum Gasteiger partial charge on any atom is 0.206 e. The molecule has 0 amide bonds. The van der Waals surface area contributed by atoms with E-state index < -0.39 is 11.7 Å². The Hall–Kier alpha value is -2.46. The Labute approximate surface area is 121 Å². The molecule has 0 radical (unpaired) electrons. The third kappa shape index (κ3) is 2.45. The summed E-state index contributed by atoms with van der Waals surface area (Å²) < 4.78 is 19.0. The molecule has 1 aromatic heterocycles. The number of carbonyl (C=O) groups excluding carboxylic acids is 1. The maximum absolute atomic E-state index is 13.6. The van der Waals surface area contributed by atoms with Crippen LogP contribution in [0.5, 0.6) is 0 Å². The Bertz CT molecular complexity index is 780. The lowest BCUT2D eigenvalue weighted by atomic mass is 9.93. The summed E-state index contributed by atoms with van der Waals surface area (Å²) in [5, 5.41) is 0.571. The van der Waals surface area contributed by atoms with E-state index in [9.17, 15) is 9.18 Å². The Balaban J connectivity index is 2.01. The topological polar surface area (TPSA) is 56.2 Å². The van der Waals surface area contributed by atoms with Gasteiger partial charge in [0.05, 0.1) is 5.92 Å². The fraction of sp³-hybridized carbons (Fsp3) is 0.118. The smallest absolute Gasteiger partial charge is 0.206 e. The number of nitrogens with two attached hydrogens (primary N) is 1. The number of hydrogen-bond donors (Lipinski definition) is 1. The van der Waals surface area contributed by atoms with E-state index in [1.54, 1.807) is 18.2 Å². The summed E-state index contributed by atoms with van der Waals surface area (Å²) in [6.07, 6.45) is 0. The highest BCUT2D eigenvalue weighted by Gasteiger charge is 2.24. The highest BCUT2D eigenvalue weighted by Crippen LogP contribution is 2.26. The van der Waals surface area contributed by atoms with Gasteiger partial charge in [-0.1, -0.05) is 42.5 Å². The van der Waals surface area contributed by atoms with E-state index in [0.717, 1.165) is 5.56 Å². The summed E-state index contributed by atoms with van der Waals surface area (Å²) >= 11 is 0. The Morgan fingerprint density at radius 3 is 2.57 bits per heavy atom. The molecule has 0 fully saturated rings. The number of furan rings is 1. The van der Waals surface area contributed by atoms with Crippen LogP contribution in [0, 0.1) is 5.82 Å². The van der Waals surface area contributed by atoms with E-state index in [-0.39, 0.29) is 23.7 Å². The van der Waals surface area contributed by atoms with Crippen LogP contribution in [0.1, 0.15) is 22.0 Å². The zero-order valence-electron chi connectivity index (χ0n) is 11.3. The molecule has 2 aromatic carbocycles. The van der Waals surface area contributed by atoms with Crippen molar-refractivity contribution in [2.75, 3.05) is 6.54 Å². The van der Waals surface area contributed by atoms with E-state index in [4.69, 9.17) is 10.2 Å². The van der Waals surface area contributed by atoms with Crippen LogP contribution >= 0.6 is 0 Å². The number of Topliss-reactive ketones (excluding diaryl/α,β-unsaturated/α-hetero) is 1. The van der Waals surface area contributed by atoms with Crippen LogP contribution in [0.25, 0.3) is 11.0 Å². The molecule has 0 bridgehead atoms. The molecule has 3 aromatic rings. The van der Waals surface area contributed by atoms with E-state index >= 15 is 0 Å². The average Bonchev–Trinajstić information content (AvgIpc) is 2.95. The first-order chi connectivity index (χ1) is 10.2. The first kappa shape index (κ1) is 13.5. The van der Waals surface area contributed by atoms with E-state index in [1.807, 2.05) is 30.3 Å². The van der Waals surface area contributed by atoms with Crippen molar-refractivity contribution in [3.63, 3.8) is 0 Å². The average molecular weight is 283 g/mol. The van der Waals surface area contributed by atoms with Crippen molar-refractivity contribution in [3.8, 4) is 0 Å². The monoisotopic (exact) mass is 283 g/mol. The van der Waals surface area contributed by atoms with Crippen LogP contribution in [0.2, 0.25) is 0 Å². The van der Waals surface area contributed by atoms with Gasteiger partial charge < -0.3 is 10.2 Å². The number of hydrogen-bond acceptors (Lipinski definition) is 3. The zero-order chi connectivity index (χ0) is 14.8. The molecule has 1 atom stereocenters. The van der Waals surface area contributed by atoms with Crippen LogP contribution in [0.15, 0.2) is 59.0 Å². The van der Waals surface area contributed by atoms with Crippen molar-refractivity contribution >= 4 is 16.8 Å². The Morgan fingerprint density at radius 2 is 1.90 bits per heavy atom. The highest BCUT2D eigenvalue weighted by atomic mass is 19.1. The molecule has 0 aliphatic carbocycles. The van der Waals surface area contributed by atoms with Gasteiger partial charge in [0.15, 0.2) is 17.2 Å². The molecule has 0 saturated heterocycles. The molecule has 2 N–H and O–H groups in total. The van der Waals surface area contributed by atoms with Gasteiger partial charge in [-0.2, -0.15) is 0 Å². The predicted octanol–water partition coefficient (Wildman–Crippen LogP) is 3.50. The van der Waals surface area contributed by atoms with Gasteiger partial charge in [-0.05, 0) is 17.7 Å². The van der Waals surface area contributed by atoms with Gasteiger partial charge in [-0.3, -0.25) is 4.79 Å². The molecular formula is C17H14FNO2. The van der Waals surface area contributed by atoms with Crippen LogP contribution < -0.4 is 5.73 Å². The van der Waals surface area contributed by atoms with E-state index in [2.05, 4.69) is 0 Å². The second kappa shape index (κ2) is 5.50. The summed E-state index contributed by atoms with van der Waals surface area (Å²) in [6.45, 7) is 0.169. The minimum Gasteiger partial charge on any atom is -0.450 e. The molecule has 3 rings (SSSR count). The molecule has 0 saturated carbocycles. The first-order valence-corrected chi connectivity index (χ1v) is 6.68. The van der Waals surface area contributed by atoms with Gasteiger partial charge in [0.1, 0.15) is 0 Å². The summed E-state index contributed by atoms with van der Waals surface area (Å²) in [4.78, 5) is 12.6. The molecule has 106 valence electrons.